The monoisotopic (exact) mass is 162 g/mol. The molecule has 1 rings (SSSR count). The van der Waals surface area contributed by atoms with Crippen molar-refractivity contribution in [1.29, 1.82) is 0 Å². The Bertz CT molecular complexity index is 241. The molecule has 2 heteroatoms. The van der Waals surface area contributed by atoms with Crippen LogP contribution in [-0.2, 0) is 0 Å². The van der Waals surface area contributed by atoms with Gasteiger partial charge in [0.2, 0.25) is 0 Å². The minimum absolute atomic E-state index is 0.467. The Hall–Kier alpha value is -1.18. The van der Waals surface area contributed by atoms with Gasteiger partial charge in [-0.15, -0.1) is 0 Å². The first kappa shape index (κ1) is 8.91. The second kappa shape index (κ2) is 4.65. The van der Waals surface area contributed by atoms with E-state index in [1.807, 2.05) is 6.07 Å². The molecule has 0 aliphatic rings. The molecule has 0 spiro atoms. The van der Waals surface area contributed by atoms with Gasteiger partial charge in [0, 0.05) is 13.0 Å². The number of benzene rings is 1. The molecule has 0 saturated heterocycles. The van der Waals surface area contributed by atoms with Gasteiger partial charge in [-0.2, -0.15) is 10.2 Å². The first-order valence-corrected chi connectivity index (χ1v) is 4.15. The van der Waals surface area contributed by atoms with Gasteiger partial charge in [0.1, 0.15) is 0 Å². The third-order valence-corrected chi connectivity index (χ3v) is 1.87. The van der Waals surface area contributed by atoms with Gasteiger partial charge in [0.15, 0.2) is 0 Å². The molecule has 2 nitrogen and oxygen atoms in total. The summed E-state index contributed by atoms with van der Waals surface area (Å²) in [5.41, 5.74) is 1.32. The van der Waals surface area contributed by atoms with Gasteiger partial charge in [-0.3, -0.25) is 0 Å². The van der Waals surface area contributed by atoms with Gasteiger partial charge in [-0.25, -0.2) is 0 Å². The molecule has 0 N–H and O–H groups in total. The van der Waals surface area contributed by atoms with Gasteiger partial charge in [0.05, 0.1) is 6.54 Å². The van der Waals surface area contributed by atoms with Crippen molar-refractivity contribution in [3.8, 4) is 0 Å². The summed E-state index contributed by atoms with van der Waals surface area (Å²) in [5, 5.41) is 7.70. The van der Waals surface area contributed by atoms with E-state index in [2.05, 4.69) is 41.4 Å². The molecule has 0 fully saturated rings. The van der Waals surface area contributed by atoms with Gasteiger partial charge in [0.25, 0.3) is 0 Å². The zero-order valence-corrected chi connectivity index (χ0v) is 7.57. The van der Waals surface area contributed by atoms with Crippen LogP contribution in [0.2, 0.25) is 0 Å². The predicted octanol–water partition coefficient (Wildman–Crippen LogP) is 2.87. The van der Waals surface area contributed by atoms with E-state index >= 15 is 0 Å². The second-order valence-corrected chi connectivity index (χ2v) is 2.84. The normalized spacial score (nSPS) is 13.5. The van der Waals surface area contributed by atoms with Crippen molar-refractivity contribution < 1.29 is 0 Å². The van der Waals surface area contributed by atoms with E-state index in [0.717, 1.165) is 6.54 Å². The standard InChI is InChI=1S/C10H14N2/c1-9(8-12-11-2)10-6-4-3-5-7-10/h3-7,9H,8H2,1-2H3. The average molecular weight is 162 g/mol. The van der Waals surface area contributed by atoms with Crippen LogP contribution in [0.15, 0.2) is 40.6 Å². The van der Waals surface area contributed by atoms with Crippen molar-refractivity contribution in [2.75, 3.05) is 13.6 Å². The lowest BCUT2D eigenvalue weighted by molar-refractivity contribution is 0.741. The summed E-state index contributed by atoms with van der Waals surface area (Å²) in [6.45, 7) is 2.94. The number of nitrogens with zero attached hydrogens (tertiary/aromatic N) is 2. The minimum Gasteiger partial charge on any atom is -0.198 e. The Kier molecular flexibility index (Phi) is 3.45. The fourth-order valence-electron chi connectivity index (χ4n) is 1.09. The van der Waals surface area contributed by atoms with Gasteiger partial charge >= 0.3 is 0 Å². The van der Waals surface area contributed by atoms with E-state index in [9.17, 15) is 0 Å². The first-order chi connectivity index (χ1) is 5.84. The molecule has 0 aromatic heterocycles. The van der Waals surface area contributed by atoms with Crippen LogP contribution in [0.4, 0.5) is 0 Å². The highest BCUT2D eigenvalue weighted by Crippen LogP contribution is 2.14. The van der Waals surface area contributed by atoms with Crippen molar-refractivity contribution in [1.82, 2.24) is 0 Å². The highest BCUT2D eigenvalue weighted by atomic mass is 15.1. The summed E-state index contributed by atoms with van der Waals surface area (Å²) in [6.07, 6.45) is 0. The van der Waals surface area contributed by atoms with Crippen molar-refractivity contribution in [2.24, 2.45) is 10.2 Å². The van der Waals surface area contributed by atoms with Crippen molar-refractivity contribution >= 4 is 0 Å². The summed E-state index contributed by atoms with van der Waals surface area (Å²) in [4.78, 5) is 0. The molecule has 0 bridgehead atoms. The lowest BCUT2D eigenvalue weighted by atomic mass is 10.0. The maximum absolute atomic E-state index is 3.97. The molecule has 1 unspecified atom stereocenters. The fraction of sp³-hybridized carbons (Fsp3) is 0.400. The summed E-state index contributed by atoms with van der Waals surface area (Å²) < 4.78 is 0. The van der Waals surface area contributed by atoms with Crippen molar-refractivity contribution in [3.63, 3.8) is 0 Å². The van der Waals surface area contributed by atoms with E-state index in [1.165, 1.54) is 5.56 Å². The van der Waals surface area contributed by atoms with Gasteiger partial charge in [-0.1, -0.05) is 37.3 Å². The minimum atomic E-state index is 0.467. The quantitative estimate of drug-likeness (QED) is 0.610. The fourth-order valence-corrected chi connectivity index (χ4v) is 1.09. The molecule has 1 aromatic carbocycles. The highest BCUT2D eigenvalue weighted by molar-refractivity contribution is 5.18. The van der Waals surface area contributed by atoms with E-state index < -0.39 is 0 Å². The SMILES string of the molecule is CN=NCC(C)c1ccccc1. The summed E-state index contributed by atoms with van der Waals surface area (Å²) >= 11 is 0. The Morgan fingerprint density at radius 1 is 1.25 bits per heavy atom. The molecule has 0 heterocycles. The maximum Gasteiger partial charge on any atom is 0.0664 e. The van der Waals surface area contributed by atoms with Crippen LogP contribution >= 0.6 is 0 Å². The molecule has 0 radical (unpaired) electrons. The lowest BCUT2D eigenvalue weighted by Gasteiger charge is -2.06. The van der Waals surface area contributed by atoms with E-state index in [1.54, 1.807) is 7.05 Å². The summed E-state index contributed by atoms with van der Waals surface area (Å²) in [6, 6.07) is 10.4. The second-order valence-electron chi connectivity index (χ2n) is 2.84. The Morgan fingerprint density at radius 2 is 1.92 bits per heavy atom. The molecular formula is C10H14N2. The molecular weight excluding hydrogens is 148 g/mol. The van der Waals surface area contributed by atoms with Crippen LogP contribution in [0.1, 0.15) is 18.4 Å². The van der Waals surface area contributed by atoms with E-state index in [0.29, 0.717) is 5.92 Å². The number of hydrogen-bond acceptors (Lipinski definition) is 2. The predicted molar refractivity (Wildman–Crippen MR) is 50.5 cm³/mol. The Labute approximate surface area is 73.3 Å². The number of hydrogen-bond donors (Lipinski definition) is 0. The zero-order chi connectivity index (χ0) is 8.81. The Balaban J connectivity index is 2.59. The third kappa shape index (κ3) is 2.46. The van der Waals surface area contributed by atoms with Crippen molar-refractivity contribution in [3.05, 3.63) is 35.9 Å². The van der Waals surface area contributed by atoms with Gasteiger partial charge in [-0.05, 0) is 5.56 Å². The van der Waals surface area contributed by atoms with E-state index in [-0.39, 0.29) is 0 Å². The summed E-state index contributed by atoms with van der Waals surface area (Å²) in [7, 11) is 1.71. The highest BCUT2D eigenvalue weighted by Gasteiger charge is 2.02. The smallest absolute Gasteiger partial charge is 0.0664 e. The van der Waals surface area contributed by atoms with Crippen LogP contribution in [0.25, 0.3) is 0 Å². The first-order valence-electron chi connectivity index (χ1n) is 4.15. The molecule has 0 amide bonds. The van der Waals surface area contributed by atoms with Crippen LogP contribution in [-0.4, -0.2) is 13.6 Å². The van der Waals surface area contributed by atoms with Gasteiger partial charge < -0.3 is 0 Å². The lowest BCUT2D eigenvalue weighted by Crippen LogP contribution is -1.96. The van der Waals surface area contributed by atoms with Crippen LogP contribution in [0.5, 0.6) is 0 Å². The largest absolute Gasteiger partial charge is 0.198 e. The third-order valence-electron chi connectivity index (χ3n) is 1.87. The topological polar surface area (TPSA) is 24.7 Å². The molecule has 0 saturated carbocycles. The number of rotatable bonds is 3. The van der Waals surface area contributed by atoms with Crippen LogP contribution < -0.4 is 0 Å². The van der Waals surface area contributed by atoms with E-state index in [4.69, 9.17) is 0 Å². The summed E-state index contributed by atoms with van der Waals surface area (Å²) in [5.74, 6) is 0.467. The maximum atomic E-state index is 3.97. The van der Waals surface area contributed by atoms with Crippen LogP contribution in [0, 0.1) is 0 Å². The molecule has 0 aliphatic heterocycles. The number of azo groups is 1. The molecule has 64 valence electrons. The van der Waals surface area contributed by atoms with Crippen molar-refractivity contribution in [2.45, 2.75) is 12.8 Å². The average Bonchev–Trinajstić information content (AvgIpc) is 2.15. The molecule has 1 aromatic rings. The Morgan fingerprint density at radius 3 is 2.50 bits per heavy atom. The molecule has 12 heavy (non-hydrogen) atoms. The molecule has 0 aliphatic carbocycles. The van der Waals surface area contributed by atoms with Crippen LogP contribution in [0.3, 0.4) is 0 Å². The zero-order valence-electron chi connectivity index (χ0n) is 7.57. The molecule has 1 atom stereocenters.